The second-order valence-electron chi connectivity index (χ2n) is 7.39. The molecule has 1 aliphatic carbocycles. The van der Waals surface area contributed by atoms with Crippen LogP contribution in [0.2, 0.25) is 10.0 Å². The van der Waals surface area contributed by atoms with Crippen LogP contribution in [0, 0.1) is 11.8 Å². The van der Waals surface area contributed by atoms with Gasteiger partial charge in [0.15, 0.2) is 5.76 Å². The van der Waals surface area contributed by atoms with E-state index in [2.05, 4.69) is 15.2 Å². The number of likely N-dealkylation sites (tertiary alicyclic amines) is 1. The molecule has 1 saturated carbocycles. The van der Waals surface area contributed by atoms with Crippen LogP contribution in [0.3, 0.4) is 0 Å². The summed E-state index contributed by atoms with van der Waals surface area (Å²) in [6.45, 7) is 2.43. The van der Waals surface area contributed by atoms with Gasteiger partial charge in [0.1, 0.15) is 0 Å². The van der Waals surface area contributed by atoms with Gasteiger partial charge in [-0.25, -0.2) is 0 Å². The van der Waals surface area contributed by atoms with Crippen molar-refractivity contribution in [1.29, 1.82) is 0 Å². The molecular weight excluding hydrogens is 389 g/mol. The highest BCUT2D eigenvalue weighted by Crippen LogP contribution is 2.38. The van der Waals surface area contributed by atoms with E-state index in [0.29, 0.717) is 34.8 Å². The number of aliphatic hydroxyl groups excluding tert-OH is 1. The van der Waals surface area contributed by atoms with Gasteiger partial charge in [-0.05, 0) is 36.8 Å². The lowest BCUT2D eigenvalue weighted by Crippen LogP contribution is -2.49. The number of pyridine rings is 1. The van der Waals surface area contributed by atoms with Crippen molar-refractivity contribution in [3.8, 4) is 0 Å². The quantitative estimate of drug-likeness (QED) is 0.811. The summed E-state index contributed by atoms with van der Waals surface area (Å²) in [5, 5.41) is 14.6. The minimum absolute atomic E-state index is 0.263. The fourth-order valence-electron chi connectivity index (χ4n) is 4.27. The highest BCUT2D eigenvalue weighted by Gasteiger charge is 2.42. The molecule has 3 heterocycles. The minimum Gasteiger partial charge on any atom is -0.459 e. The first-order valence-electron chi connectivity index (χ1n) is 9.04. The Bertz CT molecular complexity index is 794. The minimum atomic E-state index is -0.557. The van der Waals surface area contributed by atoms with Gasteiger partial charge in [0, 0.05) is 37.6 Å². The van der Waals surface area contributed by atoms with Crippen molar-refractivity contribution in [2.75, 3.05) is 13.1 Å². The van der Waals surface area contributed by atoms with E-state index in [1.807, 2.05) is 0 Å². The molecule has 27 heavy (non-hydrogen) atoms. The number of amides is 1. The van der Waals surface area contributed by atoms with Gasteiger partial charge in [-0.2, -0.15) is 0 Å². The Balaban J connectivity index is 1.39. The highest BCUT2D eigenvalue weighted by atomic mass is 35.5. The van der Waals surface area contributed by atoms with Gasteiger partial charge in [-0.3, -0.25) is 14.7 Å². The molecule has 144 valence electrons. The van der Waals surface area contributed by atoms with Gasteiger partial charge in [-0.1, -0.05) is 23.2 Å². The standard InChI is InChI=1S/C19H21Cl2N3O3/c20-14-6-22-7-15(21)13(14)10-24-8-11-4-16(17(25)5-12(11)9-24)23-19(26)18-2-1-3-27-18/h1-3,6-7,11-12,16-17,25H,4-5,8-10H2,(H,23,26)/t11-,12+,16-,17-/m0/s1. The van der Waals surface area contributed by atoms with Gasteiger partial charge < -0.3 is 14.8 Å². The van der Waals surface area contributed by atoms with Crippen LogP contribution >= 0.6 is 23.2 Å². The number of hydrogen-bond donors (Lipinski definition) is 2. The number of hydrogen-bond acceptors (Lipinski definition) is 5. The topological polar surface area (TPSA) is 78.6 Å². The van der Waals surface area contributed by atoms with Crippen LogP contribution in [0.5, 0.6) is 0 Å². The van der Waals surface area contributed by atoms with E-state index in [1.54, 1.807) is 24.5 Å². The molecule has 1 amide bonds. The fraction of sp³-hybridized carbons (Fsp3) is 0.474. The Morgan fingerprint density at radius 1 is 1.26 bits per heavy atom. The van der Waals surface area contributed by atoms with Gasteiger partial charge in [0.25, 0.3) is 5.91 Å². The summed E-state index contributed by atoms with van der Waals surface area (Å²) in [7, 11) is 0. The lowest BCUT2D eigenvalue weighted by atomic mass is 9.77. The van der Waals surface area contributed by atoms with Gasteiger partial charge in [0.05, 0.1) is 28.5 Å². The maximum absolute atomic E-state index is 12.2. The van der Waals surface area contributed by atoms with Crippen LogP contribution in [0.4, 0.5) is 0 Å². The maximum Gasteiger partial charge on any atom is 0.287 e. The molecule has 2 aromatic rings. The summed E-state index contributed by atoms with van der Waals surface area (Å²) in [6.07, 6.45) is 5.53. The molecule has 8 heteroatoms. The monoisotopic (exact) mass is 409 g/mol. The van der Waals surface area contributed by atoms with Crippen molar-refractivity contribution in [2.45, 2.75) is 31.5 Å². The molecule has 2 N–H and O–H groups in total. The second-order valence-corrected chi connectivity index (χ2v) is 8.21. The van der Waals surface area contributed by atoms with Gasteiger partial charge in [-0.15, -0.1) is 0 Å². The molecule has 0 spiro atoms. The zero-order valence-electron chi connectivity index (χ0n) is 14.6. The molecule has 1 aliphatic heterocycles. The average molecular weight is 410 g/mol. The number of furan rings is 1. The SMILES string of the molecule is O=C(N[C@H]1C[C@H]2CN(Cc3c(Cl)cncc3Cl)C[C@H]2C[C@@H]1O)c1ccco1. The van der Waals surface area contributed by atoms with Gasteiger partial charge in [0.2, 0.25) is 0 Å². The van der Waals surface area contributed by atoms with E-state index >= 15 is 0 Å². The summed E-state index contributed by atoms with van der Waals surface area (Å²) >= 11 is 12.5. The summed E-state index contributed by atoms with van der Waals surface area (Å²) in [5.74, 6) is 0.790. The zero-order chi connectivity index (χ0) is 19.0. The van der Waals surface area contributed by atoms with Crippen LogP contribution < -0.4 is 5.32 Å². The Morgan fingerprint density at radius 2 is 1.96 bits per heavy atom. The van der Waals surface area contributed by atoms with E-state index in [0.717, 1.165) is 25.1 Å². The first-order chi connectivity index (χ1) is 13.0. The van der Waals surface area contributed by atoms with E-state index in [4.69, 9.17) is 27.6 Å². The van der Waals surface area contributed by atoms with Crippen molar-refractivity contribution in [3.05, 3.63) is 52.2 Å². The van der Waals surface area contributed by atoms with Crippen molar-refractivity contribution in [1.82, 2.24) is 15.2 Å². The predicted octanol–water partition coefficient (Wildman–Crippen LogP) is 2.98. The number of fused-ring (bicyclic) bond motifs is 1. The van der Waals surface area contributed by atoms with E-state index in [1.165, 1.54) is 6.26 Å². The molecule has 2 aliphatic rings. The van der Waals surface area contributed by atoms with Crippen molar-refractivity contribution >= 4 is 29.1 Å². The molecule has 2 aromatic heterocycles. The Labute approximate surface area is 167 Å². The summed E-state index contributed by atoms with van der Waals surface area (Å²) in [4.78, 5) is 18.5. The van der Waals surface area contributed by atoms with Crippen molar-refractivity contribution in [3.63, 3.8) is 0 Å². The number of rotatable bonds is 4. The van der Waals surface area contributed by atoms with Crippen molar-refractivity contribution in [2.24, 2.45) is 11.8 Å². The number of carbonyl (C=O) groups is 1. The van der Waals surface area contributed by atoms with Crippen LogP contribution in [-0.4, -0.2) is 46.1 Å². The van der Waals surface area contributed by atoms with Crippen LogP contribution in [0.25, 0.3) is 0 Å². The summed E-state index contributed by atoms with van der Waals surface area (Å²) < 4.78 is 5.13. The van der Waals surface area contributed by atoms with Crippen LogP contribution in [-0.2, 0) is 6.54 Å². The van der Waals surface area contributed by atoms with Crippen LogP contribution in [0.1, 0.15) is 29.0 Å². The van der Waals surface area contributed by atoms with Crippen molar-refractivity contribution < 1.29 is 14.3 Å². The summed E-state index contributed by atoms with van der Waals surface area (Å²) in [6, 6.07) is 3.02. The second kappa shape index (κ2) is 7.80. The smallest absolute Gasteiger partial charge is 0.287 e. The Hall–Kier alpha value is -1.60. The Kier molecular flexibility index (Phi) is 5.41. The number of nitrogens with one attached hydrogen (secondary N) is 1. The number of carbonyl (C=O) groups excluding carboxylic acids is 1. The number of halogens is 2. The molecule has 0 radical (unpaired) electrons. The normalized spacial score (nSPS) is 28.1. The number of aliphatic hydroxyl groups is 1. The first kappa shape index (κ1) is 18.7. The van der Waals surface area contributed by atoms with E-state index in [9.17, 15) is 9.90 Å². The maximum atomic E-state index is 12.2. The summed E-state index contributed by atoms with van der Waals surface area (Å²) in [5.41, 5.74) is 0.884. The van der Waals surface area contributed by atoms with Gasteiger partial charge >= 0.3 is 0 Å². The third-order valence-corrected chi connectivity index (χ3v) is 6.26. The molecule has 4 atom stereocenters. The van der Waals surface area contributed by atoms with E-state index in [-0.39, 0.29) is 17.7 Å². The average Bonchev–Trinajstić information content (AvgIpc) is 3.28. The third-order valence-electron chi connectivity index (χ3n) is 5.61. The molecule has 0 unspecified atom stereocenters. The molecule has 2 fully saturated rings. The highest BCUT2D eigenvalue weighted by molar-refractivity contribution is 6.35. The first-order valence-corrected chi connectivity index (χ1v) is 9.79. The lowest BCUT2D eigenvalue weighted by Gasteiger charge is -2.35. The number of nitrogens with zero attached hydrogens (tertiary/aromatic N) is 2. The predicted molar refractivity (Wildman–Crippen MR) is 102 cm³/mol. The third kappa shape index (κ3) is 3.99. The largest absolute Gasteiger partial charge is 0.459 e. The van der Waals surface area contributed by atoms with Crippen LogP contribution in [0.15, 0.2) is 35.2 Å². The lowest BCUT2D eigenvalue weighted by molar-refractivity contribution is 0.0452. The molecular formula is C19H21Cl2N3O3. The molecule has 4 rings (SSSR count). The number of aromatic nitrogens is 1. The molecule has 1 saturated heterocycles. The molecule has 6 nitrogen and oxygen atoms in total. The molecule has 0 aromatic carbocycles. The Morgan fingerprint density at radius 3 is 2.63 bits per heavy atom. The fourth-order valence-corrected chi connectivity index (χ4v) is 4.76. The van der Waals surface area contributed by atoms with E-state index < -0.39 is 6.10 Å². The molecule has 0 bridgehead atoms. The zero-order valence-corrected chi connectivity index (χ0v) is 16.2.